The summed E-state index contributed by atoms with van der Waals surface area (Å²) in [6.45, 7) is 15.0. The van der Waals surface area contributed by atoms with Gasteiger partial charge in [0.1, 0.15) is 11.3 Å². The van der Waals surface area contributed by atoms with E-state index in [0.717, 1.165) is 31.6 Å². The lowest BCUT2D eigenvalue weighted by Gasteiger charge is -2.36. The van der Waals surface area contributed by atoms with E-state index in [1.54, 1.807) is 12.1 Å². The molecule has 0 aliphatic carbocycles. The molecule has 1 saturated heterocycles. The van der Waals surface area contributed by atoms with Gasteiger partial charge in [0, 0.05) is 11.3 Å². The van der Waals surface area contributed by atoms with Crippen LogP contribution in [-0.4, -0.2) is 56.3 Å². The van der Waals surface area contributed by atoms with Crippen molar-refractivity contribution in [3.05, 3.63) is 57.1 Å². The van der Waals surface area contributed by atoms with Gasteiger partial charge in [0.25, 0.3) is 14.2 Å². The maximum atomic E-state index is 12.7. The van der Waals surface area contributed by atoms with Crippen LogP contribution in [-0.2, 0) is 0 Å². The summed E-state index contributed by atoms with van der Waals surface area (Å²) < 4.78 is 12.0. The summed E-state index contributed by atoms with van der Waals surface area (Å²) in [5.74, 6) is 0.455. The molecule has 1 aliphatic heterocycles. The van der Waals surface area contributed by atoms with Crippen LogP contribution in [0, 0.1) is 6.92 Å². The molecule has 42 heavy (non-hydrogen) atoms. The summed E-state index contributed by atoms with van der Waals surface area (Å²) in [6, 6.07) is 9.69. The fraction of sp³-hybridized carbons (Fsp3) is 0.452. The quantitative estimate of drug-likeness (QED) is 0.245. The number of ether oxygens (including phenoxy) is 1. The maximum absolute atomic E-state index is 12.7. The summed E-state index contributed by atoms with van der Waals surface area (Å²) in [6.07, 6.45) is 2.28. The minimum atomic E-state index is -2.25. The van der Waals surface area contributed by atoms with Crippen molar-refractivity contribution >= 4 is 49.1 Å². The third kappa shape index (κ3) is 6.69. The van der Waals surface area contributed by atoms with Crippen molar-refractivity contribution in [3.63, 3.8) is 0 Å². The third-order valence-electron chi connectivity index (χ3n) is 8.46. The number of piperidine rings is 1. The van der Waals surface area contributed by atoms with Gasteiger partial charge in [-0.15, -0.1) is 0 Å². The van der Waals surface area contributed by atoms with Crippen molar-refractivity contribution in [3.8, 4) is 22.9 Å². The number of hydrogen-bond acceptors (Lipinski definition) is 7. The molecule has 226 valence electrons. The van der Waals surface area contributed by atoms with Crippen LogP contribution in [0.25, 0.3) is 11.3 Å². The molecule has 1 fully saturated rings. The molecule has 2 aromatic carbocycles. The first kappa shape index (κ1) is 32.1. The standard InChI is InChI=1S/C31H41Cl2N5O3Si/c1-18-17-20(9-10-21(18)19-13-15-38(5)16-14-19)35-30-36-27(25(28(34)39)29(37-30)40-6)24-22(32)11-12-23(26(24)33)41-42(7,8)31(2,3)4/h9-12,17,19H,13-16H2,1-8H3,(H2,34,39)(H,35,36,37). The summed E-state index contributed by atoms with van der Waals surface area (Å²) in [7, 11) is 1.34. The van der Waals surface area contributed by atoms with Crippen LogP contribution in [0.2, 0.25) is 28.2 Å². The number of aryl methyl sites for hydroxylation is 1. The molecular formula is C31H41Cl2N5O3Si. The van der Waals surface area contributed by atoms with E-state index in [1.807, 2.05) is 6.07 Å². The van der Waals surface area contributed by atoms with E-state index in [4.69, 9.17) is 43.1 Å². The molecular weight excluding hydrogens is 589 g/mol. The predicted octanol–water partition coefficient (Wildman–Crippen LogP) is 7.80. The third-order valence-corrected chi connectivity index (χ3v) is 13.5. The van der Waals surface area contributed by atoms with Gasteiger partial charge in [0.05, 0.1) is 22.8 Å². The van der Waals surface area contributed by atoms with Gasteiger partial charge in [0.2, 0.25) is 11.8 Å². The summed E-state index contributed by atoms with van der Waals surface area (Å²) in [5.41, 5.74) is 9.62. The Balaban J connectivity index is 1.77. The Labute approximate surface area is 260 Å². The summed E-state index contributed by atoms with van der Waals surface area (Å²) in [5, 5.41) is 3.73. The number of methoxy groups -OCH3 is 1. The van der Waals surface area contributed by atoms with Crippen molar-refractivity contribution < 1.29 is 14.0 Å². The Morgan fingerprint density at radius 2 is 1.79 bits per heavy atom. The minimum absolute atomic E-state index is 0.0116. The second kappa shape index (κ2) is 12.4. The van der Waals surface area contributed by atoms with Gasteiger partial charge in [-0.2, -0.15) is 4.98 Å². The maximum Gasteiger partial charge on any atom is 0.256 e. The van der Waals surface area contributed by atoms with Crippen LogP contribution in [0.5, 0.6) is 11.6 Å². The lowest BCUT2D eigenvalue weighted by molar-refractivity contribution is 0.0997. The number of nitrogens with one attached hydrogen (secondary N) is 1. The van der Waals surface area contributed by atoms with Gasteiger partial charge in [-0.25, -0.2) is 4.98 Å². The molecule has 3 N–H and O–H groups in total. The number of rotatable bonds is 8. The van der Waals surface area contributed by atoms with E-state index in [0.29, 0.717) is 17.2 Å². The molecule has 0 atom stereocenters. The Morgan fingerprint density at radius 1 is 1.12 bits per heavy atom. The van der Waals surface area contributed by atoms with Crippen molar-refractivity contribution in [1.29, 1.82) is 0 Å². The number of amides is 1. The van der Waals surface area contributed by atoms with Crippen molar-refractivity contribution in [2.24, 2.45) is 5.73 Å². The molecule has 8 nitrogen and oxygen atoms in total. The second-order valence-electron chi connectivity index (χ2n) is 12.5. The van der Waals surface area contributed by atoms with Crippen LogP contribution in [0.15, 0.2) is 30.3 Å². The van der Waals surface area contributed by atoms with E-state index in [2.05, 4.69) is 75.2 Å². The largest absolute Gasteiger partial charge is 0.542 e. The van der Waals surface area contributed by atoms with Gasteiger partial charge in [-0.3, -0.25) is 4.79 Å². The molecule has 3 aromatic rings. The number of aromatic nitrogens is 2. The van der Waals surface area contributed by atoms with E-state index < -0.39 is 14.2 Å². The van der Waals surface area contributed by atoms with Crippen LogP contribution in [0.1, 0.15) is 61.0 Å². The fourth-order valence-corrected chi connectivity index (χ4v) is 6.64. The topological polar surface area (TPSA) is 103 Å². The molecule has 0 unspecified atom stereocenters. The number of carbonyl (C=O) groups is 1. The molecule has 0 bridgehead atoms. The van der Waals surface area contributed by atoms with Gasteiger partial charge in [-0.1, -0.05) is 50.0 Å². The first-order valence-corrected chi connectivity index (χ1v) is 17.8. The second-order valence-corrected chi connectivity index (χ2v) is 18.0. The molecule has 11 heteroatoms. The number of halogens is 2. The Bertz CT molecular complexity index is 1480. The molecule has 2 heterocycles. The van der Waals surface area contributed by atoms with Gasteiger partial charge in [-0.05, 0) is 99.3 Å². The molecule has 1 aliphatic rings. The number of likely N-dealkylation sites (tertiary alicyclic amines) is 1. The van der Waals surface area contributed by atoms with Crippen LogP contribution >= 0.6 is 23.2 Å². The van der Waals surface area contributed by atoms with Crippen molar-refractivity contribution in [1.82, 2.24) is 14.9 Å². The number of primary amides is 1. The zero-order chi connectivity index (χ0) is 31.0. The van der Waals surface area contributed by atoms with Gasteiger partial charge >= 0.3 is 0 Å². The highest BCUT2D eigenvalue weighted by molar-refractivity contribution is 6.74. The highest BCUT2D eigenvalue weighted by Crippen LogP contribution is 2.46. The number of nitrogens with zero attached hydrogens (tertiary/aromatic N) is 3. The normalized spacial score (nSPS) is 15.0. The van der Waals surface area contributed by atoms with Crippen molar-refractivity contribution in [2.75, 3.05) is 32.6 Å². The highest BCUT2D eigenvalue weighted by Gasteiger charge is 2.40. The smallest absolute Gasteiger partial charge is 0.256 e. The predicted molar refractivity (Wildman–Crippen MR) is 174 cm³/mol. The SMILES string of the molecule is COc1nc(Nc2ccc(C3CCN(C)CC3)c(C)c2)nc(-c2c(Cl)ccc(O[Si](C)(C)C(C)(C)C)c2Cl)c1C(N)=O. The number of benzene rings is 2. The lowest BCUT2D eigenvalue weighted by Crippen LogP contribution is -2.43. The zero-order valence-electron chi connectivity index (χ0n) is 25.7. The molecule has 0 radical (unpaired) electrons. The van der Waals surface area contributed by atoms with Gasteiger partial charge < -0.3 is 25.1 Å². The Kier molecular flexibility index (Phi) is 9.47. The Morgan fingerprint density at radius 3 is 2.36 bits per heavy atom. The fourth-order valence-electron chi connectivity index (χ4n) is 4.96. The van der Waals surface area contributed by atoms with Crippen molar-refractivity contribution in [2.45, 2.75) is 64.6 Å². The lowest BCUT2D eigenvalue weighted by atomic mass is 9.87. The molecule has 1 aromatic heterocycles. The van der Waals surface area contributed by atoms with E-state index >= 15 is 0 Å². The van der Waals surface area contributed by atoms with E-state index in [1.165, 1.54) is 18.2 Å². The molecule has 4 rings (SSSR count). The zero-order valence-corrected chi connectivity index (χ0v) is 28.2. The minimum Gasteiger partial charge on any atom is -0.542 e. The first-order chi connectivity index (χ1) is 19.6. The molecule has 0 saturated carbocycles. The summed E-state index contributed by atoms with van der Waals surface area (Å²) in [4.78, 5) is 24.2. The van der Waals surface area contributed by atoms with E-state index in [9.17, 15) is 4.79 Å². The highest BCUT2D eigenvalue weighted by atomic mass is 35.5. The van der Waals surface area contributed by atoms with E-state index in [-0.39, 0.29) is 38.2 Å². The molecule has 1 amide bonds. The summed E-state index contributed by atoms with van der Waals surface area (Å²) >= 11 is 13.6. The average Bonchev–Trinajstić information content (AvgIpc) is 2.90. The molecule has 0 spiro atoms. The van der Waals surface area contributed by atoms with Crippen LogP contribution in [0.3, 0.4) is 0 Å². The first-order valence-electron chi connectivity index (χ1n) is 14.1. The van der Waals surface area contributed by atoms with Crippen LogP contribution in [0.4, 0.5) is 11.6 Å². The number of hydrogen-bond donors (Lipinski definition) is 2. The van der Waals surface area contributed by atoms with Crippen LogP contribution < -0.4 is 20.2 Å². The average molecular weight is 631 g/mol. The Hall–Kier alpha value is -2.85. The monoisotopic (exact) mass is 629 g/mol. The number of anilines is 2. The number of nitrogens with two attached hydrogens (primary N) is 1. The number of carbonyl (C=O) groups excluding carboxylic acids is 1. The van der Waals surface area contributed by atoms with Gasteiger partial charge in [0.15, 0.2) is 0 Å².